The van der Waals surface area contributed by atoms with Crippen LogP contribution in [0.1, 0.15) is 77.1 Å². The van der Waals surface area contributed by atoms with E-state index in [4.69, 9.17) is 14.2 Å². The highest BCUT2D eigenvalue weighted by molar-refractivity contribution is 6.46. The van der Waals surface area contributed by atoms with Gasteiger partial charge in [0.25, 0.3) is 5.91 Å². The van der Waals surface area contributed by atoms with Gasteiger partial charge in [-0.15, -0.1) is 0 Å². The number of ketones is 1. The lowest BCUT2D eigenvalue weighted by atomic mass is 9.94. The predicted molar refractivity (Wildman–Crippen MR) is 161 cm³/mol. The molecule has 8 heteroatoms. The van der Waals surface area contributed by atoms with Crippen LogP contribution < -0.4 is 24.2 Å². The lowest BCUT2D eigenvalue weighted by Crippen LogP contribution is -3.11. The van der Waals surface area contributed by atoms with Crippen LogP contribution in [0.4, 0.5) is 0 Å². The van der Waals surface area contributed by atoms with E-state index in [0.29, 0.717) is 54.7 Å². The first-order chi connectivity index (χ1) is 20.2. The number of nitrogens with zero attached hydrogens (tertiary/aromatic N) is 1. The van der Waals surface area contributed by atoms with Crippen LogP contribution in [0.3, 0.4) is 0 Å². The standard InChI is InChI=1S/C34H46N2O6/c1-7-35(8-2)16-10-17-36-31(24-11-14-28(29(21-24)40-9-3)41-18-15-22(4)5)30(33(38)34(36)39)32(37)25-12-13-27-26(20-25)19-23(6)42-27/h11-14,20-23,31,37H,7-10,15-19H2,1-6H3/b32-30+. The molecule has 0 aromatic heterocycles. The summed E-state index contributed by atoms with van der Waals surface area (Å²) >= 11 is 0. The maximum absolute atomic E-state index is 14.0. The van der Waals surface area contributed by atoms with Gasteiger partial charge in [0.05, 0.1) is 38.9 Å². The van der Waals surface area contributed by atoms with E-state index < -0.39 is 23.5 Å². The number of benzene rings is 2. The number of hydrogen-bond acceptors (Lipinski definition) is 6. The van der Waals surface area contributed by atoms with E-state index >= 15 is 0 Å². The zero-order valence-corrected chi connectivity index (χ0v) is 26.0. The van der Waals surface area contributed by atoms with Gasteiger partial charge in [-0.2, -0.15) is 0 Å². The molecule has 2 aromatic rings. The van der Waals surface area contributed by atoms with Gasteiger partial charge in [0.15, 0.2) is 11.5 Å². The molecule has 2 atom stereocenters. The molecule has 0 bridgehead atoms. The molecule has 0 saturated carbocycles. The fraction of sp³-hybridized carbons (Fsp3) is 0.529. The van der Waals surface area contributed by atoms with Gasteiger partial charge < -0.3 is 29.1 Å². The molecule has 0 aliphatic carbocycles. The van der Waals surface area contributed by atoms with Crippen molar-refractivity contribution in [3.63, 3.8) is 0 Å². The summed E-state index contributed by atoms with van der Waals surface area (Å²) in [4.78, 5) is 30.0. The molecule has 8 nitrogen and oxygen atoms in total. The number of carbonyl (C=O) groups is 2. The lowest BCUT2D eigenvalue weighted by molar-refractivity contribution is -0.896. The smallest absolute Gasteiger partial charge is 0.295 e. The molecule has 2 aliphatic rings. The van der Waals surface area contributed by atoms with Crippen LogP contribution in [0.5, 0.6) is 17.2 Å². The molecular formula is C34H46N2O6. The highest BCUT2D eigenvalue weighted by atomic mass is 16.5. The topological polar surface area (TPSA) is 92.6 Å². The summed E-state index contributed by atoms with van der Waals surface area (Å²) in [6, 6.07) is 9.94. The Morgan fingerprint density at radius 1 is 1.07 bits per heavy atom. The molecule has 0 radical (unpaired) electrons. The Kier molecular flexibility index (Phi) is 10.5. The predicted octanol–water partition coefficient (Wildman–Crippen LogP) is 3.37. The molecular weight excluding hydrogens is 532 g/mol. The fourth-order valence-electron chi connectivity index (χ4n) is 5.76. The fourth-order valence-corrected chi connectivity index (χ4v) is 5.76. The second kappa shape index (κ2) is 14.1. The number of likely N-dealkylation sites (tertiary alicyclic amines) is 1. The van der Waals surface area contributed by atoms with Crippen LogP contribution in [-0.2, 0) is 16.0 Å². The molecule has 42 heavy (non-hydrogen) atoms. The minimum atomic E-state index is -0.809. The minimum Gasteiger partial charge on any atom is -0.872 e. The molecule has 1 saturated heterocycles. The largest absolute Gasteiger partial charge is 0.872 e. The zero-order chi connectivity index (χ0) is 30.4. The summed E-state index contributed by atoms with van der Waals surface area (Å²) in [7, 11) is 0. The van der Waals surface area contributed by atoms with E-state index in [2.05, 4.69) is 27.7 Å². The third-order valence-corrected chi connectivity index (χ3v) is 8.15. The van der Waals surface area contributed by atoms with Crippen molar-refractivity contribution >= 4 is 17.4 Å². The Morgan fingerprint density at radius 2 is 1.83 bits per heavy atom. The molecule has 2 heterocycles. The number of Topliss-reactive ketones (excluding diaryl/α,β-unsaturated/α-hetero) is 1. The van der Waals surface area contributed by atoms with E-state index in [1.807, 2.05) is 32.0 Å². The first kappa shape index (κ1) is 31.4. The highest BCUT2D eigenvalue weighted by Gasteiger charge is 2.44. The van der Waals surface area contributed by atoms with Gasteiger partial charge in [-0.05, 0) is 81.0 Å². The molecule has 2 unspecified atom stereocenters. The molecule has 228 valence electrons. The Hall–Kier alpha value is -3.52. The van der Waals surface area contributed by atoms with Gasteiger partial charge in [-0.25, -0.2) is 0 Å². The summed E-state index contributed by atoms with van der Waals surface area (Å²) in [5.74, 6) is 0.603. The van der Waals surface area contributed by atoms with Crippen molar-refractivity contribution in [3.05, 3.63) is 58.7 Å². The van der Waals surface area contributed by atoms with Crippen LogP contribution in [0, 0.1) is 5.92 Å². The van der Waals surface area contributed by atoms with Crippen molar-refractivity contribution in [2.24, 2.45) is 5.92 Å². The van der Waals surface area contributed by atoms with E-state index in [1.54, 1.807) is 23.1 Å². The van der Waals surface area contributed by atoms with Crippen molar-refractivity contribution in [1.29, 1.82) is 0 Å². The van der Waals surface area contributed by atoms with Gasteiger partial charge in [-0.1, -0.05) is 31.7 Å². The number of carbonyl (C=O) groups excluding carboxylic acids is 2. The number of fused-ring (bicyclic) bond motifs is 1. The number of quaternary nitrogens is 1. The van der Waals surface area contributed by atoms with Crippen LogP contribution in [0.25, 0.3) is 5.76 Å². The number of nitrogens with one attached hydrogen (secondary N) is 1. The molecule has 0 spiro atoms. The zero-order valence-electron chi connectivity index (χ0n) is 26.0. The van der Waals surface area contributed by atoms with Gasteiger partial charge in [0.1, 0.15) is 11.9 Å². The van der Waals surface area contributed by atoms with Crippen LogP contribution in [0.2, 0.25) is 0 Å². The van der Waals surface area contributed by atoms with Gasteiger partial charge >= 0.3 is 0 Å². The van der Waals surface area contributed by atoms with Crippen molar-refractivity contribution in [2.75, 3.05) is 39.4 Å². The van der Waals surface area contributed by atoms with Gasteiger partial charge in [-0.3, -0.25) is 9.59 Å². The number of hydrogen-bond donors (Lipinski definition) is 1. The Labute approximate surface area is 250 Å². The average molecular weight is 579 g/mol. The quantitative estimate of drug-likeness (QED) is 0.210. The van der Waals surface area contributed by atoms with Crippen molar-refractivity contribution in [2.45, 2.75) is 73.0 Å². The van der Waals surface area contributed by atoms with Crippen LogP contribution in [0.15, 0.2) is 42.0 Å². The van der Waals surface area contributed by atoms with Gasteiger partial charge in [0.2, 0.25) is 5.78 Å². The lowest BCUT2D eigenvalue weighted by Gasteiger charge is -2.28. The number of rotatable bonds is 14. The summed E-state index contributed by atoms with van der Waals surface area (Å²) in [6.07, 6.45) is 2.34. The molecule has 4 rings (SSSR count). The summed E-state index contributed by atoms with van der Waals surface area (Å²) in [5.41, 5.74) is 1.96. The first-order valence-corrected chi connectivity index (χ1v) is 15.5. The maximum atomic E-state index is 14.0. The first-order valence-electron chi connectivity index (χ1n) is 15.5. The average Bonchev–Trinajstić information content (AvgIpc) is 3.46. The minimum absolute atomic E-state index is 0.0157. The second-order valence-electron chi connectivity index (χ2n) is 11.7. The van der Waals surface area contributed by atoms with Crippen molar-refractivity contribution in [1.82, 2.24) is 4.90 Å². The number of amides is 1. The Bertz CT molecular complexity index is 1300. The van der Waals surface area contributed by atoms with E-state index in [9.17, 15) is 14.7 Å². The monoisotopic (exact) mass is 578 g/mol. The molecule has 2 aliphatic heterocycles. The van der Waals surface area contributed by atoms with Crippen molar-refractivity contribution in [3.8, 4) is 17.2 Å². The van der Waals surface area contributed by atoms with Crippen LogP contribution >= 0.6 is 0 Å². The van der Waals surface area contributed by atoms with Gasteiger partial charge in [0, 0.05) is 25.0 Å². The van der Waals surface area contributed by atoms with E-state index in [1.165, 1.54) is 4.90 Å². The normalized spacial score (nSPS) is 19.5. The highest BCUT2D eigenvalue weighted by Crippen LogP contribution is 2.42. The van der Waals surface area contributed by atoms with E-state index in [0.717, 1.165) is 43.8 Å². The Morgan fingerprint density at radius 3 is 2.52 bits per heavy atom. The number of ether oxygens (including phenoxy) is 3. The third-order valence-electron chi connectivity index (χ3n) is 8.15. The molecule has 1 amide bonds. The molecule has 1 N–H and O–H groups in total. The summed E-state index contributed by atoms with van der Waals surface area (Å²) in [6.45, 7) is 16.6. The maximum Gasteiger partial charge on any atom is 0.295 e. The Balaban J connectivity index is 1.75. The second-order valence-corrected chi connectivity index (χ2v) is 11.7. The van der Waals surface area contributed by atoms with E-state index in [-0.39, 0.29) is 11.7 Å². The SMILES string of the molecule is CCOc1cc(C2/C(=C(\[O-])c3ccc4c(c3)CC(C)O4)C(=O)C(=O)N2CCC[NH+](CC)CC)ccc1OCCC(C)C. The molecule has 2 aromatic carbocycles. The van der Waals surface area contributed by atoms with Crippen LogP contribution in [-0.4, -0.2) is 62.1 Å². The third kappa shape index (κ3) is 6.92. The summed E-state index contributed by atoms with van der Waals surface area (Å²) < 4.78 is 17.8. The summed E-state index contributed by atoms with van der Waals surface area (Å²) in [5, 5.41) is 14.0. The van der Waals surface area contributed by atoms with Crippen molar-refractivity contribution < 1.29 is 33.8 Å². The molecule has 1 fully saturated rings.